The second-order valence-electron chi connectivity index (χ2n) is 5.31. The highest BCUT2D eigenvalue weighted by Gasteiger charge is 2.18. The molecular formula is C16H20ClN3OS2. The zero-order chi connectivity index (χ0) is 15.4. The number of benzene rings is 1. The number of halogens is 1. The molecule has 1 aliphatic heterocycles. The van der Waals surface area contributed by atoms with Crippen LogP contribution in [0, 0.1) is 0 Å². The number of thiazole rings is 1. The van der Waals surface area contributed by atoms with E-state index in [4.69, 9.17) is 0 Å². The summed E-state index contributed by atoms with van der Waals surface area (Å²) in [6.45, 7) is 1.02. The number of carbonyl (C=O) groups excluding carboxylic acids is 1. The Morgan fingerprint density at radius 3 is 2.87 bits per heavy atom. The normalized spacial score (nSPS) is 16.8. The van der Waals surface area contributed by atoms with Crippen molar-refractivity contribution in [3.63, 3.8) is 0 Å². The van der Waals surface area contributed by atoms with Crippen LogP contribution in [0.4, 0.5) is 5.13 Å². The highest BCUT2D eigenvalue weighted by molar-refractivity contribution is 7.98. The smallest absolute Gasteiger partial charge is 0.227 e. The monoisotopic (exact) mass is 369 g/mol. The minimum Gasteiger partial charge on any atom is -0.313 e. The molecule has 0 radical (unpaired) electrons. The fraction of sp³-hybridized carbons (Fsp3) is 0.375. The summed E-state index contributed by atoms with van der Waals surface area (Å²) in [5, 5.41) is 8.90. The van der Waals surface area contributed by atoms with Gasteiger partial charge in [0.1, 0.15) is 0 Å². The van der Waals surface area contributed by atoms with Gasteiger partial charge in [-0.2, -0.15) is 0 Å². The van der Waals surface area contributed by atoms with Gasteiger partial charge in [-0.3, -0.25) is 4.79 Å². The zero-order valence-corrected chi connectivity index (χ0v) is 15.3. The summed E-state index contributed by atoms with van der Waals surface area (Å²) in [5.74, 6) is 0.0398. The van der Waals surface area contributed by atoms with Gasteiger partial charge in [0.15, 0.2) is 5.13 Å². The molecule has 1 amide bonds. The number of carbonyl (C=O) groups is 1. The number of nitrogens with one attached hydrogen (secondary N) is 2. The standard InChI is InChI=1S/C16H19N3OS2.ClH/c1-21-13-6-4-11(5-7-13)14-10-22-16(18-14)19-15(20)9-12-3-2-8-17-12;/h4-7,10,12,17H,2-3,8-9H2,1H3,(H,18,19,20);1H. The fourth-order valence-electron chi connectivity index (χ4n) is 2.55. The molecule has 23 heavy (non-hydrogen) atoms. The number of hydrogen-bond donors (Lipinski definition) is 2. The molecule has 1 aliphatic rings. The van der Waals surface area contributed by atoms with Crippen LogP contribution < -0.4 is 10.6 Å². The molecule has 0 spiro atoms. The zero-order valence-electron chi connectivity index (χ0n) is 12.9. The Morgan fingerprint density at radius 2 is 2.22 bits per heavy atom. The predicted octanol–water partition coefficient (Wildman–Crippen LogP) is 4.03. The lowest BCUT2D eigenvalue weighted by molar-refractivity contribution is -0.116. The second kappa shape index (κ2) is 8.68. The average molecular weight is 370 g/mol. The van der Waals surface area contributed by atoms with E-state index in [0.29, 0.717) is 17.6 Å². The predicted molar refractivity (Wildman–Crippen MR) is 101 cm³/mol. The quantitative estimate of drug-likeness (QED) is 0.781. The second-order valence-corrected chi connectivity index (χ2v) is 7.05. The number of thioether (sulfide) groups is 1. The van der Waals surface area contributed by atoms with Gasteiger partial charge in [0.25, 0.3) is 0 Å². The first-order valence-electron chi connectivity index (χ1n) is 7.38. The maximum atomic E-state index is 12.0. The number of nitrogens with zero attached hydrogens (tertiary/aromatic N) is 1. The third kappa shape index (κ3) is 4.94. The summed E-state index contributed by atoms with van der Waals surface area (Å²) >= 11 is 3.19. The first kappa shape index (κ1) is 18.3. The molecule has 2 heterocycles. The Kier molecular flexibility index (Phi) is 6.89. The van der Waals surface area contributed by atoms with E-state index < -0.39 is 0 Å². The van der Waals surface area contributed by atoms with Crippen molar-refractivity contribution < 1.29 is 4.79 Å². The number of rotatable bonds is 5. The molecular weight excluding hydrogens is 350 g/mol. The van der Waals surface area contributed by atoms with Crippen LogP contribution in [0.1, 0.15) is 19.3 Å². The van der Waals surface area contributed by atoms with Crippen LogP contribution in [0.25, 0.3) is 11.3 Å². The van der Waals surface area contributed by atoms with Gasteiger partial charge in [-0.1, -0.05) is 12.1 Å². The molecule has 1 aromatic heterocycles. The van der Waals surface area contributed by atoms with E-state index in [1.807, 2.05) is 5.38 Å². The summed E-state index contributed by atoms with van der Waals surface area (Å²) in [6, 6.07) is 8.62. The van der Waals surface area contributed by atoms with Gasteiger partial charge < -0.3 is 10.6 Å². The molecule has 0 saturated carbocycles. The van der Waals surface area contributed by atoms with Crippen LogP contribution in [0.15, 0.2) is 34.5 Å². The van der Waals surface area contributed by atoms with E-state index in [9.17, 15) is 4.79 Å². The SMILES string of the molecule is CSc1ccc(-c2csc(NC(=O)CC3CCCN3)n2)cc1.Cl. The van der Waals surface area contributed by atoms with Crippen molar-refractivity contribution in [2.24, 2.45) is 0 Å². The summed E-state index contributed by atoms with van der Waals surface area (Å²) < 4.78 is 0. The topological polar surface area (TPSA) is 54.0 Å². The van der Waals surface area contributed by atoms with Gasteiger partial charge >= 0.3 is 0 Å². The molecule has 1 aromatic carbocycles. The Balaban J connectivity index is 0.00000192. The molecule has 124 valence electrons. The van der Waals surface area contributed by atoms with Crippen molar-refractivity contribution in [3.8, 4) is 11.3 Å². The highest BCUT2D eigenvalue weighted by Crippen LogP contribution is 2.27. The molecule has 2 N–H and O–H groups in total. The van der Waals surface area contributed by atoms with Gasteiger partial charge in [-0.05, 0) is 37.8 Å². The maximum Gasteiger partial charge on any atom is 0.227 e. The summed E-state index contributed by atoms with van der Waals surface area (Å²) in [6.07, 6.45) is 4.83. The summed E-state index contributed by atoms with van der Waals surface area (Å²) in [4.78, 5) is 17.8. The first-order chi connectivity index (χ1) is 10.7. The number of amides is 1. The Morgan fingerprint density at radius 1 is 1.43 bits per heavy atom. The van der Waals surface area contributed by atoms with Gasteiger partial charge in [0.2, 0.25) is 5.91 Å². The molecule has 1 unspecified atom stereocenters. The average Bonchev–Trinajstić information content (AvgIpc) is 3.19. The van der Waals surface area contributed by atoms with Gasteiger partial charge in [0.05, 0.1) is 5.69 Å². The highest BCUT2D eigenvalue weighted by atomic mass is 35.5. The van der Waals surface area contributed by atoms with Gasteiger partial charge in [0, 0.05) is 28.3 Å². The van der Waals surface area contributed by atoms with Crippen molar-refractivity contribution in [3.05, 3.63) is 29.6 Å². The van der Waals surface area contributed by atoms with Crippen molar-refractivity contribution in [1.82, 2.24) is 10.3 Å². The summed E-state index contributed by atoms with van der Waals surface area (Å²) in [5.41, 5.74) is 1.99. The van der Waals surface area contributed by atoms with E-state index in [2.05, 4.69) is 46.1 Å². The van der Waals surface area contributed by atoms with Crippen LogP contribution in [0.2, 0.25) is 0 Å². The third-order valence-corrected chi connectivity index (χ3v) is 5.23. The van der Waals surface area contributed by atoms with Crippen LogP contribution >= 0.6 is 35.5 Å². The maximum absolute atomic E-state index is 12.0. The van der Waals surface area contributed by atoms with E-state index in [0.717, 1.165) is 30.6 Å². The van der Waals surface area contributed by atoms with Crippen molar-refractivity contribution in [2.45, 2.75) is 30.2 Å². The molecule has 7 heteroatoms. The Bertz CT molecular complexity index is 639. The molecule has 4 nitrogen and oxygen atoms in total. The molecule has 1 atom stereocenters. The Hall–Kier alpha value is -1.08. The molecule has 3 rings (SSSR count). The number of aromatic nitrogens is 1. The van der Waals surface area contributed by atoms with E-state index in [1.165, 1.54) is 16.2 Å². The van der Waals surface area contributed by atoms with Gasteiger partial charge in [-0.25, -0.2) is 4.98 Å². The lowest BCUT2D eigenvalue weighted by Crippen LogP contribution is -2.27. The van der Waals surface area contributed by atoms with E-state index in [1.54, 1.807) is 11.8 Å². The van der Waals surface area contributed by atoms with Crippen molar-refractivity contribution in [1.29, 1.82) is 0 Å². The third-order valence-electron chi connectivity index (χ3n) is 3.73. The molecule has 1 fully saturated rings. The van der Waals surface area contributed by atoms with Gasteiger partial charge in [-0.15, -0.1) is 35.5 Å². The first-order valence-corrected chi connectivity index (χ1v) is 9.48. The fourth-order valence-corrected chi connectivity index (χ4v) is 3.69. The minimum atomic E-state index is 0. The number of hydrogen-bond acceptors (Lipinski definition) is 5. The molecule has 2 aromatic rings. The summed E-state index contributed by atoms with van der Waals surface area (Å²) in [7, 11) is 0. The van der Waals surface area contributed by atoms with Crippen molar-refractivity contribution >= 4 is 46.5 Å². The lowest BCUT2D eigenvalue weighted by Gasteiger charge is -2.08. The molecule has 0 bridgehead atoms. The van der Waals surface area contributed by atoms with Crippen LogP contribution in [-0.2, 0) is 4.79 Å². The number of anilines is 1. The lowest BCUT2D eigenvalue weighted by atomic mass is 10.1. The van der Waals surface area contributed by atoms with Crippen LogP contribution in [0.3, 0.4) is 0 Å². The van der Waals surface area contributed by atoms with Crippen LogP contribution in [0.5, 0.6) is 0 Å². The van der Waals surface area contributed by atoms with E-state index >= 15 is 0 Å². The molecule has 0 aliphatic carbocycles. The minimum absolute atomic E-state index is 0. The molecule has 1 saturated heterocycles. The largest absolute Gasteiger partial charge is 0.313 e. The Labute approximate surface area is 150 Å². The van der Waals surface area contributed by atoms with Crippen LogP contribution in [-0.4, -0.2) is 29.7 Å². The van der Waals surface area contributed by atoms with E-state index in [-0.39, 0.29) is 18.3 Å². The van der Waals surface area contributed by atoms with Crippen molar-refractivity contribution in [2.75, 3.05) is 18.1 Å².